The van der Waals surface area contributed by atoms with Crippen molar-refractivity contribution in [1.82, 2.24) is 4.98 Å². The van der Waals surface area contributed by atoms with Crippen LogP contribution in [0.4, 0.5) is 5.82 Å². The van der Waals surface area contributed by atoms with Gasteiger partial charge in [-0.3, -0.25) is 0 Å². The van der Waals surface area contributed by atoms with Crippen molar-refractivity contribution in [2.24, 2.45) is 5.73 Å². The van der Waals surface area contributed by atoms with E-state index in [0.717, 1.165) is 17.9 Å². The number of pyridine rings is 1. The largest absolute Gasteiger partial charge is 0.360 e. The van der Waals surface area contributed by atoms with Crippen molar-refractivity contribution in [1.29, 1.82) is 0 Å². The summed E-state index contributed by atoms with van der Waals surface area (Å²) in [7, 11) is 2.02. The minimum Gasteiger partial charge on any atom is -0.360 e. The Kier molecular flexibility index (Phi) is 3.25. The molecule has 0 radical (unpaired) electrons. The van der Waals surface area contributed by atoms with Crippen molar-refractivity contribution in [3.05, 3.63) is 23.9 Å². The van der Waals surface area contributed by atoms with Gasteiger partial charge in [0.2, 0.25) is 0 Å². The lowest BCUT2D eigenvalue weighted by atomic mass is 10.1. The number of nitrogens with two attached hydrogens (primary N) is 1. The van der Waals surface area contributed by atoms with Crippen molar-refractivity contribution in [2.75, 3.05) is 18.5 Å². The molecule has 0 amide bonds. The SMILES string of the molecule is CCN(C)c1cc(C(C)N)ccn1. The molecule has 0 aromatic carbocycles. The average molecular weight is 179 g/mol. The van der Waals surface area contributed by atoms with Crippen LogP contribution in [0.1, 0.15) is 25.5 Å². The minimum absolute atomic E-state index is 0.0759. The Morgan fingerprint density at radius 3 is 2.85 bits per heavy atom. The maximum atomic E-state index is 5.78. The fourth-order valence-electron chi connectivity index (χ4n) is 1.09. The molecule has 3 nitrogen and oxygen atoms in total. The molecular weight excluding hydrogens is 162 g/mol. The van der Waals surface area contributed by atoms with E-state index in [1.807, 2.05) is 26.1 Å². The summed E-state index contributed by atoms with van der Waals surface area (Å²) in [6.07, 6.45) is 1.81. The van der Waals surface area contributed by atoms with E-state index < -0.39 is 0 Å². The Labute approximate surface area is 79.6 Å². The summed E-state index contributed by atoms with van der Waals surface area (Å²) in [5, 5.41) is 0. The molecule has 0 aliphatic carbocycles. The van der Waals surface area contributed by atoms with E-state index in [-0.39, 0.29) is 6.04 Å². The molecule has 72 valence electrons. The summed E-state index contributed by atoms with van der Waals surface area (Å²) in [6.45, 7) is 5.03. The highest BCUT2D eigenvalue weighted by Crippen LogP contribution is 2.14. The van der Waals surface area contributed by atoms with Crippen molar-refractivity contribution in [3.63, 3.8) is 0 Å². The van der Waals surface area contributed by atoms with Crippen molar-refractivity contribution in [2.45, 2.75) is 19.9 Å². The first kappa shape index (κ1) is 9.99. The highest BCUT2D eigenvalue weighted by atomic mass is 15.1. The zero-order valence-electron chi connectivity index (χ0n) is 8.49. The second kappa shape index (κ2) is 4.23. The Balaban J connectivity index is 2.91. The lowest BCUT2D eigenvalue weighted by Gasteiger charge is -2.16. The maximum absolute atomic E-state index is 5.78. The van der Waals surface area contributed by atoms with Crippen LogP contribution < -0.4 is 10.6 Å². The molecule has 0 saturated carbocycles. The van der Waals surface area contributed by atoms with Gasteiger partial charge in [0.25, 0.3) is 0 Å². The molecule has 0 bridgehead atoms. The normalized spacial score (nSPS) is 12.6. The average Bonchev–Trinajstić information content (AvgIpc) is 2.17. The molecule has 1 atom stereocenters. The van der Waals surface area contributed by atoms with Crippen LogP contribution in [0.25, 0.3) is 0 Å². The summed E-state index contributed by atoms with van der Waals surface area (Å²) >= 11 is 0. The van der Waals surface area contributed by atoms with Gasteiger partial charge in [-0.25, -0.2) is 4.98 Å². The topological polar surface area (TPSA) is 42.1 Å². The zero-order valence-corrected chi connectivity index (χ0v) is 8.49. The third-order valence-electron chi connectivity index (χ3n) is 2.16. The van der Waals surface area contributed by atoms with Gasteiger partial charge in [-0.2, -0.15) is 0 Å². The van der Waals surface area contributed by atoms with Crippen LogP contribution in [0.15, 0.2) is 18.3 Å². The van der Waals surface area contributed by atoms with E-state index >= 15 is 0 Å². The molecule has 0 saturated heterocycles. The number of aromatic nitrogens is 1. The smallest absolute Gasteiger partial charge is 0.128 e. The van der Waals surface area contributed by atoms with Gasteiger partial charge >= 0.3 is 0 Å². The highest BCUT2D eigenvalue weighted by Gasteiger charge is 2.03. The molecule has 0 aliphatic rings. The summed E-state index contributed by atoms with van der Waals surface area (Å²) < 4.78 is 0. The Bertz CT molecular complexity index is 271. The first-order chi connectivity index (χ1) is 6.15. The predicted octanol–water partition coefficient (Wildman–Crippen LogP) is 1.56. The van der Waals surface area contributed by atoms with Gasteiger partial charge in [0.15, 0.2) is 0 Å². The number of hydrogen-bond acceptors (Lipinski definition) is 3. The number of hydrogen-bond donors (Lipinski definition) is 1. The fourth-order valence-corrected chi connectivity index (χ4v) is 1.09. The molecule has 1 unspecified atom stereocenters. The van der Waals surface area contributed by atoms with Crippen LogP contribution in [-0.4, -0.2) is 18.6 Å². The van der Waals surface area contributed by atoms with Gasteiger partial charge in [-0.05, 0) is 31.5 Å². The molecule has 1 rings (SSSR count). The molecule has 3 heteroatoms. The van der Waals surface area contributed by atoms with E-state index in [9.17, 15) is 0 Å². The van der Waals surface area contributed by atoms with Crippen LogP contribution in [0.3, 0.4) is 0 Å². The number of rotatable bonds is 3. The van der Waals surface area contributed by atoms with E-state index in [1.54, 1.807) is 6.20 Å². The van der Waals surface area contributed by atoms with E-state index in [0.29, 0.717) is 0 Å². The fraction of sp³-hybridized carbons (Fsp3) is 0.500. The standard InChI is InChI=1S/C10H17N3/c1-4-13(3)10-7-9(8(2)11)5-6-12-10/h5-8H,4,11H2,1-3H3. The van der Waals surface area contributed by atoms with Gasteiger partial charge in [0.1, 0.15) is 5.82 Å². The number of nitrogens with zero attached hydrogens (tertiary/aromatic N) is 2. The van der Waals surface area contributed by atoms with Crippen LogP contribution >= 0.6 is 0 Å². The monoisotopic (exact) mass is 179 g/mol. The Hall–Kier alpha value is -1.09. The minimum atomic E-state index is 0.0759. The molecule has 0 aliphatic heterocycles. The predicted molar refractivity (Wildman–Crippen MR) is 55.8 cm³/mol. The van der Waals surface area contributed by atoms with Crippen molar-refractivity contribution in [3.8, 4) is 0 Å². The second-order valence-electron chi connectivity index (χ2n) is 3.25. The summed E-state index contributed by atoms with van der Waals surface area (Å²) in [5.41, 5.74) is 6.91. The molecule has 13 heavy (non-hydrogen) atoms. The summed E-state index contributed by atoms with van der Waals surface area (Å²) in [5.74, 6) is 0.984. The highest BCUT2D eigenvalue weighted by molar-refractivity contribution is 5.40. The van der Waals surface area contributed by atoms with Gasteiger partial charge in [-0.15, -0.1) is 0 Å². The molecule has 1 aromatic rings. The summed E-state index contributed by atoms with van der Waals surface area (Å²) in [6, 6.07) is 4.07. The number of anilines is 1. The van der Waals surface area contributed by atoms with Crippen LogP contribution in [-0.2, 0) is 0 Å². The first-order valence-corrected chi connectivity index (χ1v) is 4.57. The maximum Gasteiger partial charge on any atom is 0.128 e. The molecule has 2 N–H and O–H groups in total. The molecule has 1 aromatic heterocycles. The molecule has 0 spiro atoms. The molecule has 0 fully saturated rings. The quantitative estimate of drug-likeness (QED) is 0.765. The van der Waals surface area contributed by atoms with E-state index in [1.165, 1.54) is 0 Å². The molecule has 1 heterocycles. The second-order valence-corrected chi connectivity index (χ2v) is 3.25. The van der Waals surface area contributed by atoms with Crippen LogP contribution in [0.5, 0.6) is 0 Å². The van der Waals surface area contributed by atoms with Gasteiger partial charge in [0.05, 0.1) is 0 Å². The Morgan fingerprint density at radius 1 is 1.62 bits per heavy atom. The van der Waals surface area contributed by atoms with Crippen LogP contribution in [0.2, 0.25) is 0 Å². The van der Waals surface area contributed by atoms with E-state index in [2.05, 4.69) is 16.8 Å². The summed E-state index contributed by atoms with van der Waals surface area (Å²) in [4.78, 5) is 6.35. The van der Waals surface area contributed by atoms with Gasteiger partial charge in [0, 0.05) is 25.8 Å². The van der Waals surface area contributed by atoms with Gasteiger partial charge in [-0.1, -0.05) is 0 Å². The third kappa shape index (κ3) is 2.42. The zero-order chi connectivity index (χ0) is 9.84. The first-order valence-electron chi connectivity index (χ1n) is 4.57. The lowest BCUT2D eigenvalue weighted by molar-refractivity contribution is 0.811. The van der Waals surface area contributed by atoms with Crippen molar-refractivity contribution >= 4 is 5.82 Å². The molecular formula is C10H17N3. The van der Waals surface area contributed by atoms with E-state index in [4.69, 9.17) is 5.73 Å². The van der Waals surface area contributed by atoms with Gasteiger partial charge < -0.3 is 10.6 Å². The third-order valence-corrected chi connectivity index (χ3v) is 2.16. The van der Waals surface area contributed by atoms with Crippen molar-refractivity contribution < 1.29 is 0 Å². The Morgan fingerprint density at radius 2 is 2.31 bits per heavy atom. The lowest BCUT2D eigenvalue weighted by Crippen LogP contribution is -2.17. The van der Waals surface area contributed by atoms with Crippen LogP contribution in [0, 0.1) is 0 Å².